The van der Waals surface area contributed by atoms with Crippen LogP contribution in [-0.2, 0) is 24.3 Å². The Labute approximate surface area is 213 Å². The molecule has 1 unspecified atom stereocenters. The van der Waals surface area contributed by atoms with Crippen LogP contribution in [0.15, 0.2) is 82.6 Å². The molecule has 0 saturated carbocycles. The standard InChI is InChI=1S/C26H24N2O6S2/c1-3-34-26(31)18-6-10-20(11-7-18)28-24(29)16-23(25(28)30)35-21-12-8-19(9-13-21)27-36(32,33)22-14-4-17(2)5-15-22/h4-15,23,27H,3,16H2,1-2H3. The minimum atomic E-state index is -3.72. The Hall–Kier alpha value is -3.63. The van der Waals surface area contributed by atoms with Crippen molar-refractivity contribution in [2.24, 2.45) is 0 Å². The average Bonchev–Trinajstić information content (AvgIpc) is 3.13. The van der Waals surface area contributed by atoms with Crippen molar-refractivity contribution in [3.8, 4) is 0 Å². The van der Waals surface area contributed by atoms with E-state index in [1.165, 1.54) is 23.9 Å². The van der Waals surface area contributed by atoms with E-state index in [0.29, 0.717) is 16.9 Å². The summed E-state index contributed by atoms with van der Waals surface area (Å²) in [7, 11) is -3.72. The lowest BCUT2D eigenvalue weighted by molar-refractivity contribution is -0.121. The Morgan fingerprint density at radius 2 is 1.64 bits per heavy atom. The van der Waals surface area contributed by atoms with Crippen LogP contribution in [0.25, 0.3) is 0 Å². The number of carbonyl (C=O) groups excluding carboxylic acids is 3. The molecule has 1 saturated heterocycles. The van der Waals surface area contributed by atoms with E-state index in [9.17, 15) is 22.8 Å². The van der Waals surface area contributed by atoms with Crippen LogP contribution >= 0.6 is 11.8 Å². The molecule has 0 aromatic heterocycles. The van der Waals surface area contributed by atoms with Crippen molar-refractivity contribution in [3.05, 3.63) is 83.9 Å². The van der Waals surface area contributed by atoms with Gasteiger partial charge in [-0.25, -0.2) is 18.1 Å². The van der Waals surface area contributed by atoms with Crippen molar-refractivity contribution in [3.63, 3.8) is 0 Å². The molecule has 3 aromatic rings. The highest BCUT2D eigenvalue weighted by molar-refractivity contribution is 8.00. The molecule has 3 aromatic carbocycles. The van der Waals surface area contributed by atoms with Gasteiger partial charge in [-0.05, 0) is 74.5 Å². The Morgan fingerprint density at radius 1 is 1.00 bits per heavy atom. The highest BCUT2D eigenvalue weighted by Crippen LogP contribution is 2.34. The summed E-state index contributed by atoms with van der Waals surface area (Å²) < 4.78 is 32.7. The van der Waals surface area contributed by atoms with Gasteiger partial charge in [-0.1, -0.05) is 17.7 Å². The molecule has 0 bridgehead atoms. The predicted molar refractivity (Wildman–Crippen MR) is 138 cm³/mol. The molecule has 0 aliphatic carbocycles. The minimum Gasteiger partial charge on any atom is -0.462 e. The first kappa shape index (κ1) is 25.5. The van der Waals surface area contributed by atoms with Gasteiger partial charge in [-0.3, -0.25) is 14.3 Å². The van der Waals surface area contributed by atoms with Crippen LogP contribution in [-0.4, -0.2) is 38.1 Å². The Bertz CT molecular complexity index is 1390. The molecule has 1 atom stereocenters. The van der Waals surface area contributed by atoms with Gasteiger partial charge < -0.3 is 4.74 Å². The zero-order valence-electron chi connectivity index (χ0n) is 19.6. The van der Waals surface area contributed by atoms with Crippen molar-refractivity contribution in [1.29, 1.82) is 0 Å². The second kappa shape index (κ2) is 10.5. The van der Waals surface area contributed by atoms with Gasteiger partial charge >= 0.3 is 5.97 Å². The first-order chi connectivity index (χ1) is 17.2. The van der Waals surface area contributed by atoms with Crippen LogP contribution in [0, 0.1) is 6.92 Å². The third kappa shape index (κ3) is 5.60. The van der Waals surface area contributed by atoms with Gasteiger partial charge in [-0.15, -0.1) is 11.8 Å². The second-order valence-electron chi connectivity index (χ2n) is 8.09. The zero-order chi connectivity index (χ0) is 25.9. The van der Waals surface area contributed by atoms with Crippen LogP contribution in [0.5, 0.6) is 0 Å². The summed E-state index contributed by atoms with van der Waals surface area (Å²) in [4.78, 5) is 39.4. The van der Waals surface area contributed by atoms with Gasteiger partial charge in [0.1, 0.15) is 0 Å². The number of aryl methyl sites for hydroxylation is 1. The fraction of sp³-hybridized carbons (Fsp3) is 0.192. The maximum atomic E-state index is 13.0. The molecule has 0 spiro atoms. The quantitative estimate of drug-likeness (QED) is 0.344. The number of imide groups is 1. The summed E-state index contributed by atoms with van der Waals surface area (Å²) in [5, 5.41) is -0.614. The summed E-state index contributed by atoms with van der Waals surface area (Å²) in [6.45, 7) is 3.84. The number of anilines is 2. The maximum absolute atomic E-state index is 13.0. The van der Waals surface area contributed by atoms with Crippen molar-refractivity contribution < 1.29 is 27.5 Å². The number of hydrogen-bond donors (Lipinski definition) is 1. The van der Waals surface area contributed by atoms with Gasteiger partial charge in [0.05, 0.1) is 28.0 Å². The SMILES string of the molecule is CCOC(=O)c1ccc(N2C(=O)CC(Sc3ccc(NS(=O)(=O)c4ccc(C)cc4)cc3)C2=O)cc1. The molecule has 1 aliphatic heterocycles. The van der Waals surface area contributed by atoms with Gasteiger partial charge in [0.15, 0.2) is 0 Å². The summed E-state index contributed by atoms with van der Waals surface area (Å²) in [5.74, 6) is -1.15. The van der Waals surface area contributed by atoms with E-state index < -0.39 is 21.2 Å². The number of amides is 2. The summed E-state index contributed by atoms with van der Waals surface area (Å²) in [5.41, 5.74) is 2.07. The van der Waals surface area contributed by atoms with Crippen LogP contribution in [0.2, 0.25) is 0 Å². The average molecular weight is 525 g/mol. The molecular weight excluding hydrogens is 500 g/mol. The van der Waals surface area contributed by atoms with Gasteiger partial charge in [0, 0.05) is 17.0 Å². The number of ether oxygens (including phenoxy) is 1. The van der Waals surface area contributed by atoms with Crippen LogP contribution < -0.4 is 9.62 Å². The second-order valence-corrected chi connectivity index (χ2v) is 11.0. The molecule has 1 aliphatic rings. The maximum Gasteiger partial charge on any atom is 0.338 e. The lowest BCUT2D eigenvalue weighted by Crippen LogP contribution is -2.31. The molecule has 1 fully saturated rings. The van der Waals surface area contributed by atoms with Gasteiger partial charge in [0.2, 0.25) is 11.8 Å². The number of rotatable bonds is 8. The first-order valence-electron chi connectivity index (χ1n) is 11.2. The molecule has 36 heavy (non-hydrogen) atoms. The van der Waals surface area contributed by atoms with Crippen molar-refractivity contribution in [2.75, 3.05) is 16.2 Å². The molecule has 10 heteroatoms. The van der Waals surface area contributed by atoms with Crippen LogP contribution in [0.4, 0.5) is 11.4 Å². The van der Waals surface area contributed by atoms with Gasteiger partial charge in [-0.2, -0.15) is 0 Å². The lowest BCUT2D eigenvalue weighted by Gasteiger charge is -2.15. The monoisotopic (exact) mass is 524 g/mol. The number of nitrogens with zero attached hydrogens (tertiary/aromatic N) is 1. The Balaban J connectivity index is 1.41. The highest BCUT2D eigenvalue weighted by atomic mass is 32.2. The molecule has 186 valence electrons. The number of nitrogens with one attached hydrogen (secondary N) is 1. The number of hydrogen-bond acceptors (Lipinski definition) is 7. The fourth-order valence-corrected chi connectivity index (χ4v) is 5.74. The van der Waals surface area contributed by atoms with Gasteiger partial charge in [0.25, 0.3) is 10.0 Å². The number of thioether (sulfide) groups is 1. The first-order valence-corrected chi connectivity index (χ1v) is 13.5. The van der Waals surface area contributed by atoms with E-state index in [0.717, 1.165) is 15.4 Å². The predicted octanol–water partition coefficient (Wildman–Crippen LogP) is 4.40. The summed E-state index contributed by atoms with van der Waals surface area (Å²) in [6.07, 6.45) is 0.0327. The summed E-state index contributed by atoms with van der Waals surface area (Å²) >= 11 is 1.24. The fourth-order valence-electron chi connectivity index (χ4n) is 3.63. The molecule has 4 rings (SSSR count). The number of sulfonamides is 1. The van der Waals surface area contributed by atoms with E-state index in [1.54, 1.807) is 67.6 Å². The molecule has 0 radical (unpaired) electrons. The van der Waals surface area contributed by atoms with Crippen molar-refractivity contribution >= 4 is 50.9 Å². The van der Waals surface area contributed by atoms with Crippen molar-refractivity contribution in [2.45, 2.75) is 35.3 Å². The molecular formula is C26H24N2O6S2. The Morgan fingerprint density at radius 3 is 2.25 bits per heavy atom. The molecule has 2 amide bonds. The minimum absolute atomic E-state index is 0.0327. The molecule has 1 N–H and O–H groups in total. The zero-order valence-corrected chi connectivity index (χ0v) is 21.3. The number of carbonyl (C=O) groups is 3. The smallest absolute Gasteiger partial charge is 0.338 e. The molecule has 8 nitrogen and oxygen atoms in total. The van der Waals surface area contributed by atoms with E-state index in [-0.39, 0.29) is 29.7 Å². The lowest BCUT2D eigenvalue weighted by atomic mass is 10.2. The van der Waals surface area contributed by atoms with Crippen LogP contribution in [0.3, 0.4) is 0 Å². The largest absolute Gasteiger partial charge is 0.462 e. The number of benzene rings is 3. The number of esters is 1. The normalized spacial score (nSPS) is 15.7. The molecule has 1 heterocycles. The van der Waals surface area contributed by atoms with Crippen LogP contribution in [0.1, 0.15) is 29.3 Å². The topological polar surface area (TPSA) is 110 Å². The third-order valence-electron chi connectivity index (χ3n) is 5.46. The van der Waals surface area contributed by atoms with E-state index in [1.807, 2.05) is 6.92 Å². The highest BCUT2D eigenvalue weighted by Gasteiger charge is 2.40. The van der Waals surface area contributed by atoms with E-state index in [2.05, 4.69) is 4.72 Å². The summed E-state index contributed by atoms with van der Waals surface area (Å²) in [6, 6.07) is 19.3. The third-order valence-corrected chi connectivity index (χ3v) is 8.05. The van der Waals surface area contributed by atoms with E-state index in [4.69, 9.17) is 4.74 Å². The van der Waals surface area contributed by atoms with Crippen molar-refractivity contribution in [1.82, 2.24) is 0 Å². The Kier molecular flexibility index (Phi) is 7.46. The van der Waals surface area contributed by atoms with E-state index >= 15 is 0 Å².